The summed E-state index contributed by atoms with van der Waals surface area (Å²) < 4.78 is 0. The van der Waals surface area contributed by atoms with Crippen molar-refractivity contribution in [3.05, 3.63) is 0 Å². The van der Waals surface area contributed by atoms with Crippen LogP contribution in [0.5, 0.6) is 0 Å². The molecule has 0 heteroatoms. The third-order valence-electron chi connectivity index (χ3n) is 6.24. The van der Waals surface area contributed by atoms with Gasteiger partial charge in [-0.25, -0.2) is 0 Å². The second kappa shape index (κ2) is 21.3. The quantitative estimate of drug-likeness (QED) is 0.177. The first-order valence-electron chi connectivity index (χ1n) is 12.8. The van der Waals surface area contributed by atoms with E-state index >= 15 is 0 Å². The zero-order valence-electron chi connectivity index (χ0n) is 19.3. The van der Waals surface area contributed by atoms with Crippen molar-refractivity contribution < 1.29 is 0 Å². The molecule has 26 heavy (non-hydrogen) atoms. The highest BCUT2D eigenvalue weighted by molar-refractivity contribution is 4.68. The van der Waals surface area contributed by atoms with E-state index in [1.807, 2.05) is 0 Å². The minimum Gasteiger partial charge on any atom is -0.0654 e. The summed E-state index contributed by atoms with van der Waals surface area (Å²) in [4.78, 5) is 0. The van der Waals surface area contributed by atoms with E-state index in [0.29, 0.717) is 0 Å². The van der Waals surface area contributed by atoms with Crippen LogP contribution < -0.4 is 0 Å². The lowest BCUT2D eigenvalue weighted by molar-refractivity contribution is 0.291. The van der Waals surface area contributed by atoms with Crippen LogP contribution in [0.3, 0.4) is 0 Å². The lowest BCUT2D eigenvalue weighted by Gasteiger charge is -2.23. The van der Waals surface area contributed by atoms with Crippen LogP contribution in [0.15, 0.2) is 0 Å². The third-order valence-corrected chi connectivity index (χ3v) is 6.24. The largest absolute Gasteiger partial charge is 0.0654 e. The van der Waals surface area contributed by atoms with E-state index in [9.17, 15) is 0 Å². The summed E-state index contributed by atoms with van der Waals surface area (Å²) in [6.07, 6.45) is 29.2. The molecule has 0 saturated heterocycles. The van der Waals surface area contributed by atoms with Gasteiger partial charge in [-0.1, -0.05) is 150 Å². The Morgan fingerprint density at radius 1 is 0.346 bits per heavy atom. The van der Waals surface area contributed by atoms with Crippen molar-refractivity contribution in [3.63, 3.8) is 0 Å². The summed E-state index contributed by atoms with van der Waals surface area (Å²) in [5.41, 5.74) is 0. The average molecular weight is 367 g/mol. The molecule has 2 atom stereocenters. The zero-order valence-corrected chi connectivity index (χ0v) is 19.3. The lowest BCUT2D eigenvalue weighted by Crippen LogP contribution is -2.10. The SMILES string of the molecule is CCCCCCCCCC(CCC)CC(CCC)CCCCCCCC. The van der Waals surface area contributed by atoms with E-state index in [1.54, 1.807) is 0 Å². The summed E-state index contributed by atoms with van der Waals surface area (Å²) in [5, 5.41) is 0. The zero-order chi connectivity index (χ0) is 19.3. The van der Waals surface area contributed by atoms with Gasteiger partial charge in [0.1, 0.15) is 0 Å². The number of hydrogen-bond donors (Lipinski definition) is 0. The summed E-state index contributed by atoms with van der Waals surface area (Å²) in [6, 6.07) is 0. The van der Waals surface area contributed by atoms with Crippen molar-refractivity contribution in [2.24, 2.45) is 11.8 Å². The fraction of sp³-hybridized carbons (Fsp3) is 1.00. The summed E-state index contributed by atoms with van der Waals surface area (Å²) in [6.45, 7) is 9.41. The monoisotopic (exact) mass is 366 g/mol. The molecular formula is C26H54. The molecule has 0 aliphatic heterocycles. The van der Waals surface area contributed by atoms with E-state index in [2.05, 4.69) is 27.7 Å². The van der Waals surface area contributed by atoms with Crippen molar-refractivity contribution >= 4 is 0 Å². The highest BCUT2D eigenvalue weighted by atomic mass is 14.2. The van der Waals surface area contributed by atoms with Gasteiger partial charge in [-0.05, 0) is 18.3 Å². The van der Waals surface area contributed by atoms with Gasteiger partial charge in [-0.3, -0.25) is 0 Å². The molecule has 0 fully saturated rings. The Bertz CT molecular complexity index is 244. The Morgan fingerprint density at radius 3 is 1.04 bits per heavy atom. The fourth-order valence-corrected chi connectivity index (χ4v) is 4.65. The van der Waals surface area contributed by atoms with E-state index in [-0.39, 0.29) is 0 Å². The van der Waals surface area contributed by atoms with Crippen LogP contribution >= 0.6 is 0 Å². The van der Waals surface area contributed by atoms with Gasteiger partial charge in [-0.15, -0.1) is 0 Å². The van der Waals surface area contributed by atoms with E-state index in [0.717, 1.165) is 11.8 Å². The maximum atomic E-state index is 2.39. The van der Waals surface area contributed by atoms with Crippen LogP contribution in [-0.4, -0.2) is 0 Å². The topological polar surface area (TPSA) is 0 Å². The molecule has 0 amide bonds. The Labute approximate surface area is 168 Å². The highest BCUT2D eigenvalue weighted by Gasteiger charge is 2.15. The van der Waals surface area contributed by atoms with Crippen molar-refractivity contribution in [1.29, 1.82) is 0 Å². The second-order valence-electron chi connectivity index (χ2n) is 9.01. The molecule has 0 aliphatic rings. The minimum absolute atomic E-state index is 1.02. The van der Waals surface area contributed by atoms with Gasteiger partial charge in [-0.2, -0.15) is 0 Å². The van der Waals surface area contributed by atoms with Gasteiger partial charge in [0, 0.05) is 0 Å². The molecule has 2 unspecified atom stereocenters. The maximum Gasteiger partial charge on any atom is -0.0412 e. The summed E-state index contributed by atoms with van der Waals surface area (Å²) >= 11 is 0. The summed E-state index contributed by atoms with van der Waals surface area (Å²) in [7, 11) is 0. The molecule has 0 aromatic carbocycles. The van der Waals surface area contributed by atoms with Gasteiger partial charge < -0.3 is 0 Å². The van der Waals surface area contributed by atoms with Crippen LogP contribution in [-0.2, 0) is 0 Å². The molecule has 0 spiro atoms. The third kappa shape index (κ3) is 17.4. The molecule has 0 bridgehead atoms. The van der Waals surface area contributed by atoms with E-state index < -0.39 is 0 Å². The summed E-state index contributed by atoms with van der Waals surface area (Å²) in [5.74, 6) is 2.04. The predicted molar refractivity (Wildman–Crippen MR) is 122 cm³/mol. The molecule has 0 saturated carbocycles. The van der Waals surface area contributed by atoms with E-state index in [1.165, 1.54) is 128 Å². The minimum atomic E-state index is 1.02. The number of rotatable bonds is 21. The van der Waals surface area contributed by atoms with Crippen molar-refractivity contribution in [3.8, 4) is 0 Å². The first kappa shape index (κ1) is 26.0. The number of hydrogen-bond acceptors (Lipinski definition) is 0. The molecule has 0 N–H and O–H groups in total. The van der Waals surface area contributed by atoms with Gasteiger partial charge >= 0.3 is 0 Å². The Morgan fingerprint density at radius 2 is 0.692 bits per heavy atom. The van der Waals surface area contributed by atoms with Gasteiger partial charge in [0.2, 0.25) is 0 Å². The van der Waals surface area contributed by atoms with Crippen molar-refractivity contribution in [2.75, 3.05) is 0 Å². The van der Waals surface area contributed by atoms with Crippen LogP contribution in [0.25, 0.3) is 0 Å². The molecule has 0 heterocycles. The molecule has 0 aromatic heterocycles. The van der Waals surface area contributed by atoms with Crippen LogP contribution in [0, 0.1) is 11.8 Å². The molecule has 158 valence electrons. The lowest BCUT2D eigenvalue weighted by atomic mass is 9.83. The molecule has 0 aromatic rings. The fourth-order valence-electron chi connectivity index (χ4n) is 4.65. The maximum absolute atomic E-state index is 2.39. The molecule has 0 radical (unpaired) electrons. The molecule has 0 nitrogen and oxygen atoms in total. The molecular weight excluding hydrogens is 312 g/mol. The smallest absolute Gasteiger partial charge is 0.0412 e. The van der Waals surface area contributed by atoms with E-state index in [4.69, 9.17) is 0 Å². The second-order valence-corrected chi connectivity index (χ2v) is 9.01. The Balaban J connectivity index is 3.97. The predicted octanol–water partition coefficient (Wildman–Crippen LogP) is 10.1. The standard InChI is InChI=1S/C26H54/c1-5-9-11-13-15-17-19-23-26(21-8-4)24-25(20-7-3)22-18-16-14-12-10-6-2/h25-26H,5-24H2,1-4H3. The van der Waals surface area contributed by atoms with Gasteiger partial charge in [0.25, 0.3) is 0 Å². The highest BCUT2D eigenvalue weighted by Crippen LogP contribution is 2.29. The normalized spacial score (nSPS) is 13.8. The van der Waals surface area contributed by atoms with Crippen LogP contribution in [0.4, 0.5) is 0 Å². The first-order valence-corrected chi connectivity index (χ1v) is 12.8. The Kier molecular flexibility index (Phi) is 21.3. The average Bonchev–Trinajstić information content (AvgIpc) is 2.64. The molecule has 0 aliphatic carbocycles. The van der Waals surface area contributed by atoms with Crippen LogP contribution in [0.2, 0.25) is 0 Å². The first-order chi connectivity index (χ1) is 12.8. The van der Waals surface area contributed by atoms with Gasteiger partial charge in [0.05, 0.1) is 0 Å². The number of unbranched alkanes of at least 4 members (excludes halogenated alkanes) is 11. The van der Waals surface area contributed by atoms with Crippen molar-refractivity contribution in [2.45, 2.75) is 156 Å². The molecule has 0 rings (SSSR count). The Hall–Kier alpha value is 0. The van der Waals surface area contributed by atoms with Gasteiger partial charge in [0.15, 0.2) is 0 Å². The van der Waals surface area contributed by atoms with Crippen molar-refractivity contribution in [1.82, 2.24) is 0 Å². The van der Waals surface area contributed by atoms with Crippen LogP contribution in [0.1, 0.15) is 156 Å².